The van der Waals surface area contributed by atoms with E-state index >= 15 is 0 Å². The molecule has 0 saturated heterocycles. The van der Waals surface area contributed by atoms with Gasteiger partial charge < -0.3 is 0 Å². The van der Waals surface area contributed by atoms with E-state index in [0.717, 1.165) is 19.3 Å². The lowest BCUT2D eigenvalue weighted by molar-refractivity contribution is 0.311. The number of hydrogen-bond donors (Lipinski definition) is 0. The molecule has 0 aliphatic heterocycles. The first-order valence-corrected chi connectivity index (χ1v) is 4.49. The molecule has 0 nitrogen and oxygen atoms in total. The van der Waals surface area contributed by atoms with Crippen LogP contribution in [0.1, 0.15) is 40.0 Å². The van der Waals surface area contributed by atoms with Crippen LogP contribution >= 0.6 is 11.6 Å². The number of hydrogen-bond acceptors (Lipinski definition) is 0. The fourth-order valence-electron chi connectivity index (χ4n) is 1.27. The first kappa shape index (κ1) is 10.8. The fourth-order valence-corrected chi connectivity index (χ4v) is 1.69. The lowest BCUT2D eigenvalue weighted by atomic mass is 9.83. The van der Waals surface area contributed by atoms with E-state index in [1.54, 1.807) is 0 Å². The maximum Gasteiger partial charge on any atom is 0.0312 e. The van der Waals surface area contributed by atoms with Crippen LogP contribution in [0.3, 0.4) is 0 Å². The molecule has 0 aromatic rings. The van der Waals surface area contributed by atoms with Crippen molar-refractivity contribution in [2.24, 2.45) is 5.41 Å². The number of halogens is 1. The lowest BCUT2D eigenvalue weighted by Crippen LogP contribution is -2.15. The molecule has 64 valence electrons. The molecule has 0 bridgehead atoms. The van der Waals surface area contributed by atoms with Crippen molar-refractivity contribution in [2.75, 3.05) is 0 Å². The summed E-state index contributed by atoms with van der Waals surface area (Å²) in [6.07, 6.45) is 8.15. The Morgan fingerprint density at radius 1 is 1.55 bits per heavy atom. The van der Waals surface area contributed by atoms with Crippen LogP contribution in [0.25, 0.3) is 0 Å². The largest absolute Gasteiger partial charge is 0.123 e. The summed E-state index contributed by atoms with van der Waals surface area (Å²) in [5.74, 6) is 2.65. The predicted molar refractivity (Wildman–Crippen MR) is 51.8 cm³/mol. The van der Waals surface area contributed by atoms with Gasteiger partial charge in [0.2, 0.25) is 0 Å². The molecule has 1 heteroatoms. The molecule has 0 aliphatic rings. The highest BCUT2D eigenvalue weighted by molar-refractivity contribution is 6.20. The van der Waals surface area contributed by atoms with Crippen LogP contribution < -0.4 is 0 Å². The van der Waals surface area contributed by atoms with Crippen molar-refractivity contribution < 1.29 is 0 Å². The van der Waals surface area contributed by atoms with Gasteiger partial charge in [-0.25, -0.2) is 0 Å². The minimum atomic E-state index is 0.253. The average molecular weight is 173 g/mol. The lowest BCUT2D eigenvalue weighted by Gasteiger charge is -2.24. The minimum absolute atomic E-state index is 0.253. The van der Waals surface area contributed by atoms with Crippen LogP contribution in [0.5, 0.6) is 0 Å². The Kier molecular flexibility index (Phi) is 4.61. The summed E-state index contributed by atoms with van der Waals surface area (Å²) < 4.78 is 0. The van der Waals surface area contributed by atoms with Gasteiger partial charge in [-0.05, 0) is 25.2 Å². The summed E-state index contributed by atoms with van der Waals surface area (Å²) in [7, 11) is 0. The van der Waals surface area contributed by atoms with Crippen molar-refractivity contribution in [3.8, 4) is 12.3 Å². The third kappa shape index (κ3) is 6.26. The molecule has 0 aromatic carbocycles. The van der Waals surface area contributed by atoms with Crippen LogP contribution in [-0.2, 0) is 0 Å². The van der Waals surface area contributed by atoms with Crippen molar-refractivity contribution in [3.63, 3.8) is 0 Å². The number of alkyl halides is 1. The van der Waals surface area contributed by atoms with Crippen LogP contribution in [0.15, 0.2) is 0 Å². The molecule has 0 saturated carbocycles. The third-order valence-corrected chi connectivity index (χ3v) is 1.93. The molecule has 0 amide bonds. The Morgan fingerprint density at radius 2 is 2.09 bits per heavy atom. The van der Waals surface area contributed by atoms with E-state index in [0.29, 0.717) is 5.41 Å². The van der Waals surface area contributed by atoms with Gasteiger partial charge in [0.1, 0.15) is 0 Å². The first-order valence-electron chi connectivity index (χ1n) is 4.05. The summed E-state index contributed by atoms with van der Waals surface area (Å²) in [6, 6.07) is 0. The van der Waals surface area contributed by atoms with Gasteiger partial charge in [-0.1, -0.05) is 13.8 Å². The normalized spacial score (nSPS) is 14.1. The molecular weight excluding hydrogens is 156 g/mol. The maximum absolute atomic E-state index is 5.89. The molecule has 1 unspecified atom stereocenters. The van der Waals surface area contributed by atoms with E-state index in [4.69, 9.17) is 18.0 Å². The molecule has 0 spiro atoms. The van der Waals surface area contributed by atoms with E-state index in [1.807, 2.05) is 6.92 Å². The highest BCUT2D eigenvalue weighted by Gasteiger charge is 2.18. The Morgan fingerprint density at radius 3 is 2.45 bits per heavy atom. The van der Waals surface area contributed by atoms with E-state index in [2.05, 4.69) is 19.8 Å². The van der Waals surface area contributed by atoms with Crippen molar-refractivity contribution in [1.82, 2.24) is 0 Å². The molecular formula is C10H17Cl. The molecule has 0 N–H and O–H groups in total. The van der Waals surface area contributed by atoms with E-state index in [9.17, 15) is 0 Å². The third-order valence-electron chi connectivity index (χ3n) is 1.78. The van der Waals surface area contributed by atoms with Gasteiger partial charge in [0.05, 0.1) is 0 Å². The topological polar surface area (TPSA) is 0 Å². The van der Waals surface area contributed by atoms with Gasteiger partial charge in [0.25, 0.3) is 0 Å². The number of rotatable bonds is 4. The van der Waals surface area contributed by atoms with Gasteiger partial charge in [-0.2, -0.15) is 0 Å². The molecule has 1 atom stereocenters. The number of terminal acetylenes is 1. The van der Waals surface area contributed by atoms with Crippen LogP contribution in [0, 0.1) is 17.8 Å². The van der Waals surface area contributed by atoms with Gasteiger partial charge in [0, 0.05) is 11.8 Å². The zero-order valence-corrected chi connectivity index (χ0v) is 8.41. The van der Waals surface area contributed by atoms with Gasteiger partial charge in [-0.15, -0.1) is 23.9 Å². The zero-order valence-electron chi connectivity index (χ0n) is 7.65. The van der Waals surface area contributed by atoms with Gasteiger partial charge in [-0.3, -0.25) is 0 Å². The van der Waals surface area contributed by atoms with Crippen LogP contribution in [-0.4, -0.2) is 5.38 Å². The maximum atomic E-state index is 5.89. The summed E-state index contributed by atoms with van der Waals surface area (Å²) in [4.78, 5) is 0. The fraction of sp³-hybridized carbons (Fsp3) is 0.800. The Hall–Kier alpha value is -0.150. The first-order chi connectivity index (χ1) is 4.98. The highest BCUT2D eigenvalue weighted by Crippen LogP contribution is 2.29. The molecule has 0 heterocycles. The second-order valence-corrected chi connectivity index (χ2v) is 4.60. The highest BCUT2D eigenvalue weighted by atomic mass is 35.5. The zero-order chi connectivity index (χ0) is 8.91. The molecule has 11 heavy (non-hydrogen) atoms. The second-order valence-electron chi connectivity index (χ2n) is 3.85. The molecule has 0 aliphatic carbocycles. The molecule has 0 rings (SSSR count). The van der Waals surface area contributed by atoms with E-state index in [1.165, 1.54) is 0 Å². The standard InChI is InChI=1S/C10H17Cl/c1-5-6-7-10(3,4)8-9(2)11/h1,9H,6-8H2,2-4H3. The van der Waals surface area contributed by atoms with E-state index < -0.39 is 0 Å². The minimum Gasteiger partial charge on any atom is -0.123 e. The summed E-state index contributed by atoms with van der Waals surface area (Å²) in [6.45, 7) is 6.45. The predicted octanol–water partition coefficient (Wildman–Crippen LogP) is 3.44. The summed E-state index contributed by atoms with van der Waals surface area (Å²) in [5, 5.41) is 0.253. The van der Waals surface area contributed by atoms with Crippen LogP contribution in [0.2, 0.25) is 0 Å². The molecule has 0 radical (unpaired) electrons. The van der Waals surface area contributed by atoms with Crippen molar-refractivity contribution >= 4 is 11.6 Å². The summed E-state index contributed by atoms with van der Waals surface area (Å²) in [5.41, 5.74) is 0.299. The SMILES string of the molecule is C#CCCC(C)(C)CC(C)Cl. The van der Waals surface area contributed by atoms with Crippen molar-refractivity contribution in [3.05, 3.63) is 0 Å². The quantitative estimate of drug-likeness (QED) is 0.450. The Bertz CT molecular complexity index is 139. The van der Waals surface area contributed by atoms with Gasteiger partial charge >= 0.3 is 0 Å². The Balaban J connectivity index is 3.72. The summed E-state index contributed by atoms with van der Waals surface area (Å²) >= 11 is 5.89. The smallest absolute Gasteiger partial charge is 0.0312 e. The van der Waals surface area contributed by atoms with E-state index in [-0.39, 0.29) is 5.38 Å². The monoisotopic (exact) mass is 172 g/mol. The molecule has 0 aromatic heterocycles. The average Bonchev–Trinajstić information content (AvgIpc) is 1.81. The van der Waals surface area contributed by atoms with Crippen molar-refractivity contribution in [2.45, 2.75) is 45.4 Å². The van der Waals surface area contributed by atoms with Crippen molar-refractivity contribution in [1.29, 1.82) is 0 Å². The molecule has 0 fully saturated rings. The Labute approximate surface area is 75.3 Å². The van der Waals surface area contributed by atoms with Crippen LogP contribution in [0.4, 0.5) is 0 Å². The second kappa shape index (κ2) is 4.67. The van der Waals surface area contributed by atoms with Gasteiger partial charge in [0.15, 0.2) is 0 Å².